The van der Waals surface area contributed by atoms with Crippen LogP contribution < -0.4 is 5.73 Å². The van der Waals surface area contributed by atoms with Gasteiger partial charge < -0.3 is 5.73 Å². The molecule has 0 bridgehead atoms. The summed E-state index contributed by atoms with van der Waals surface area (Å²) in [5.41, 5.74) is 9.50. The molecule has 2 N–H and O–H groups in total. The minimum absolute atomic E-state index is 0.119. The zero-order chi connectivity index (χ0) is 14.0. The van der Waals surface area contributed by atoms with E-state index in [1.807, 2.05) is 19.1 Å². The maximum absolute atomic E-state index is 6.27. The van der Waals surface area contributed by atoms with Crippen molar-refractivity contribution in [2.75, 3.05) is 0 Å². The lowest BCUT2D eigenvalue weighted by Gasteiger charge is -2.15. The predicted octanol–water partition coefficient (Wildman–Crippen LogP) is 5.31. The summed E-state index contributed by atoms with van der Waals surface area (Å²) >= 11 is 15.7. The molecule has 0 saturated heterocycles. The van der Waals surface area contributed by atoms with Crippen LogP contribution in [0.2, 0.25) is 10.0 Å². The van der Waals surface area contributed by atoms with Gasteiger partial charge in [0.1, 0.15) is 0 Å². The van der Waals surface area contributed by atoms with Crippen molar-refractivity contribution in [2.45, 2.75) is 19.4 Å². The maximum atomic E-state index is 6.27. The molecule has 0 aliphatic heterocycles. The average Bonchev–Trinajstić information content (AvgIpc) is 2.33. The Hall–Kier alpha value is -0.540. The van der Waals surface area contributed by atoms with Crippen molar-refractivity contribution in [1.29, 1.82) is 0 Å². The number of aryl methyl sites for hydroxylation is 1. The Morgan fingerprint density at radius 1 is 1.16 bits per heavy atom. The van der Waals surface area contributed by atoms with E-state index in [9.17, 15) is 0 Å². The zero-order valence-electron chi connectivity index (χ0n) is 10.5. The third-order valence-electron chi connectivity index (χ3n) is 3.00. The van der Waals surface area contributed by atoms with Gasteiger partial charge in [-0.2, -0.15) is 0 Å². The number of hydrogen-bond acceptors (Lipinski definition) is 1. The van der Waals surface area contributed by atoms with E-state index in [0.717, 1.165) is 15.6 Å². The standard InChI is InChI=1S/C15H14BrCl2N/c1-9-2-4-12(13(16)6-9)15(19)8-10-7-11(17)3-5-14(10)18/h2-7,15H,8,19H2,1H3. The van der Waals surface area contributed by atoms with Crippen molar-refractivity contribution in [3.8, 4) is 0 Å². The Kier molecular flexibility index (Phi) is 4.91. The highest BCUT2D eigenvalue weighted by Gasteiger charge is 2.13. The second-order valence-corrected chi connectivity index (χ2v) is 6.27. The first-order valence-corrected chi connectivity index (χ1v) is 7.48. The fourth-order valence-corrected chi connectivity index (χ4v) is 3.16. The van der Waals surface area contributed by atoms with Crippen LogP contribution in [-0.2, 0) is 6.42 Å². The smallest absolute Gasteiger partial charge is 0.0439 e. The summed E-state index contributed by atoms with van der Waals surface area (Å²) in [5, 5.41) is 1.37. The first-order valence-electron chi connectivity index (χ1n) is 5.93. The zero-order valence-corrected chi connectivity index (χ0v) is 13.6. The van der Waals surface area contributed by atoms with E-state index in [1.165, 1.54) is 5.56 Å². The molecule has 2 rings (SSSR count). The third kappa shape index (κ3) is 3.73. The Balaban J connectivity index is 2.25. The summed E-state index contributed by atoms with van der Waals surface area (Å²) in [6.07, 6.45) is 0.654. The molecular formula is C15H14BrCl2N. The lowest BCUT2D eigenvalue weighted by Crippen LogP contribution is -2.14. The van der Waals surface area contributed by atoms with Gasteiger partial charge in [0.2, 0.25) is 0 Å². The molecule has 0 spiro atoms. The highest BCUT2D eigenvalue weighted by atomic mass is 79.9. The van der Waals surface area contributed by atoms with Crippen LogP contribution >= 0.6 is 39.1 Å². The normalized spacial score (nSPS) is 12.5. The van der Waals surface area contributed by atoms with Gasteiger partial charge in [-0.05, 0) is 54.3 Å². The molecule has 0 aliphatic rings. The second-order valence-electron chi connectivity index (χ2n) is 4.57. The lowest BCUT2D eigenvalue weighted by atomic mass is 9.99. The molecule has 4 heteroatoms. The van der Waals surface area contributed by atoms with Crippen molar-refractivity contribution in [3.05, 3.63) is 67.6 Å². The minimum Gasteiger partial charge on any atom is -0.324 e. The van der Waals surface area contributed by atoms with Crippen LogP contribution in [0, 0.1) is 6.92 Å². The Morgan fingerprint density at radius 3 is 2.58 bits per heavy atom. The monoisotopic (exact) mass is 357 g/mol. The van der Waals surface area contributed by atoms with E-state index in [0.29, 0.717) is 16.5 Å². The largest absolute Gasteiger partial charge is 0.324 e. The van der Waals surface area contributed by atoms with Gasteiger partial charge in [0.25, 0.3) is 0 Å². The average molecular weight is 359 g/mol. The van der Waals surface area contributed by atoms with Gasteiger partial charge in [-0.1, -0.05) is 51.3 Å². The summed E-state index contributed by atoms with van der Waals surface area (Å²) < 4.78 is 1.03. The minimum atomic E-state index is -0.119. The highest BCUT2D eigenvalue weighted by Crippen LogP contribution is 2.29. The number of benzene rings is 2. The van der Waals surface area contributed by atoms with E-state index >= 15 is 0 Å². The highest BCUT2D eigenvalue weighted by molar-refractivity contribution is 9.10. The van der Waals surface area contributed by atoms with Crippen LogP contribution in [0.15, 0.2) is 40.9 Å². The van der Waals surface area contributed by atoms with Crippen molar-refractivity contribution < 1.29 is 0 Å². The van der Waals surface area contributed by atoms with E-state index in [2.05, 4.69) is 28.1 Å². The van der Waals surface area contributed by atoms with Gasteiger partial charge >= 0.3 is 0 Å². The van der Waals surface area contributed by atoms with Crippen molar-refractivity contribution in [1.82, 2.24) is 0 Å². The van der Waals surface area contributed by atoms with Gasteiger partial charge in [0.15, 0.2) is 0 Å². The quantitative estimate of drug-likeness (QED) is 0.790. The molecule has 0 aromatic heterocycles. The fourth-order valence-electron chi connectivity index (χ4n) is 1.98. The van der Waals surface area contributed by atoms with Gasteiger partial charge in [0.05, 0.1) is 0 Å². The van der Waals surface area contributed by atoms with Crippen molar-refractivity contribution in [2.24, 2.45) is 5.73 Å². The van der Waals surface area contributed by atoms with Crippen LogP contribution in [0.4, 0.5) is 0 Å². The number of rotatable bonds is 3. The van der Waals surface area contributed by atoms with E-state index in [1.54, 1.807) is 12.1 Å². The Morgan fingerprint density at radius 2 is 1.89 bits per heavy atom. The van der Waals surface area contributed by atoms with Crippen molar-refractivity contribution >= 4 is 39.1 Å². The van der Waals surface area contributed by atoms with Crippen LogP contribution in [-0.4, -0.2) is 0 Å². The SMILES string of the molecule is Cc1ccc(C(N)Cc2cc(Cl)ccc2Cl)c(Br)c1. The van der Waals surface area contributed by atoms with Crippen LogP contribution in [0.5, 0.6) is 0 Å². The second kappa shape index (κ2) is 6.27. The van der Waals surface area contributed by atoms with Gasteiger partial charge in [-0.25, -0.2) is 0 Å². The van der Waals surface area contributed by atoms with Gasteiger partial charge in [-0.3, -0.25) is 0 Å². The van der Waals surface area contributed by atoms with Crippen molar-refractivity contribution in [3.63, 3.8) is 0 Å². The molecule has 19 heavy (non-hydrogen) atoms. The first-order chi connectivity index (χ1) is 8.97. The molecule has 0 fully saturated rings. The number of nitrogens with two attached hydrogens (primary N) is 1. The Bertz CT molecular complexity index is 599. The summed E-state index contributed by atoms with van der Waals surface area (Å²) in [4.78, 5) is 0. The molecule has 0 amide bonds. The summed E-state index contributed by atoms with van der Waals surface area (Å²) in [7, 11) is 0. The summed E-state index contributed by atoms with van der Waals surface area (Å²) in [5.74, 6) is 0. The molecule has 0 heterocycles. The molecule has 0 radical (unpaired) electrons. The summed E-state index contributed by atoms with van der Waals surface area (Å²) in [6.45, 7) is 2.05. The molecule has 1 atom stereocenters. The molecule has 2 aromatic rings. The Labute approximate surface area is 131 Å². The van der Waals surface area contributed by atoms with Crippen LogP contribution in [0.25, 0.3) is 0 Å². The van der Waals surface area contributed by atoms with Crippen LogP contribution in [0.1, 0.15) is 22.7 Å². The molecule has 1 nitrogen and oxygen atoms in total. The number of halogens is 3. The molecule has 2 aromatic carbocycles. The fraction of sp³-hybridized carbons (Fsp3) is 0.200. The van der Waals surface area contributed by atoms with Gasteiger partial charge in [0, 0.05) is 20.6 Å². The molecular weight excluding hydrogens is 345 g/mol. The topological polar surface area (TPSA) is 26.0 Å². The maximum Gasteiger partial charge on any atom is 0.0439 e. The molecule has 1 unspecified atom stereocenters. The third-order valence-corrected chi connectivity index (χ3v) is 4.29. The van der Waals surface area contributed by atoms with Crippen LogP contribution in [0.3, 0.4) is 0 Å². The molecule has 0 aliphatic carbocycles. The van der Waals surface area contributed by atoms with E-state index in [4.69, 9.17) is 28.9 Å². The van der Waals surface area contributed by atoms with Gasteiger partial charge in [-0.15, -0.1) is 0 Å². The number of hydrogen-bond donors (Lipinski definition) is 1. The molecule has 0 saturated carbocycles. The van der Waals surface area contributed by atoms with E-state index in [-0.39, 0.29) is 6.04 Å². The lowest BCUT2D eigenvalue weighted by molar-refractivity contribution is 0.718. The summed E-state index contributed by atoms with van der Waals surface area (Å²) in [6, 6.07) is 11.5. The van der Waals surface area contributed by atoms with E-state index < -0.39 is 0 Å². The molecule has 100 valence electrons. The predicted molar refractivity (Wildman–Crippen MR) is 86.0 cm³/mol. The first kappa shape index (κ1) is 14.9.